The van der Waals surface area contributed by atoms with Gasteiger partial charge in [0.05, 0.1) is 19.1 Å². The molecule has 1 aliphatic heterocycles. The molecule has 1 unspecified atom stereocenters. The van der Waals surface area contributed by atoms with Crippen molar-refractivity contribution in [3.05, 3.63) is 78.1 Å². The molecular formula is C23H21N3O5S2. The first-order valence-electron chi connectivity index (χ1n) is 9.85. The minimum atomic E-state index is -3.68. The highest BCUT2D eigenvalue weighted by molar-refractivity contribution is 7.86. The van der Waals surface area contributed by atoms with Crippen molar-refractivity contribution in [2.45, 2.75) is 5.54 Å². The number of carbonyl (C=O) groups is 1. The summed E-state index contributed by atoms with van der Waals surface area (Å²) in [5.41, 5.74) is 1.40. The molecule has 1 amide bonds. The summed E-state index contributed by atoms with van der Waals surface area (Å²) in [6.45, 7) is 0. The average molecular weight is 484 g/mol. The van der Waals surface area contributed by atoms with Gasteiger partial charge in [0.15, 0.2) is 10.7 Å². The highest BCUT2D eigenvalue weighted by Gasteiger charge is 2.53. The molecule has 1 saturated heterocycles. The van der Waals surface area contributed by atoms with Crippen molar-refractivity contribution in [1.29, 1.82) is 0 Å². The second kappa shape index (κ2) is 8.45. The van der Waals surface area contributed by atoms with E-state index in [2.05, 4.69) is 10.3 Å². The molecule has 8 nitrogen and oxygen atoms in total. The fourth-order valence-electron chi connectivity index (χ4n) is 3.87. The maximum atomic E-state index is 13.4. The second-order valence-corrected chi connectivity index (χ2v) is 9.46. The fraction of sp³-hybridized carbons (Fsp3) is 0.174. The first-order valence-corrected chi connectivity index (χ1v) is 12.1. The number of ether oxygens (including phenoxy) is 1. The van der Waals surface area contributed by atoms with Gasteiger partial charge in [-0.05, 0) is 65.3 Å². The van der Waals surface area contributed by atoms with Crippen LogP contribution in [0.1, 0.15) is 11.3 Å². The Morgan fingerprint density at radius 2 is 1.73 bits per heavy atom. The van der Waals surface area contributed by atoms with Gasteiger partial charge >= 0.3 is 10.1 Å². The number of benzene rings is 2. The number of likely N-dealkylation sites (N-methyl/N-ethyl adjacent to an activating group) is 1. The van der Waals surface area contributed by atoms with Gasteiger partial charge < -0.3 is 19.1 Å². The molecule has 1 aromatic heterocycles. The van der Waals surface area contributed by atoms with E-state index in [0.29, 0.717) is 17.0 Å². The van der Waals surface area contributed by atoms with Gasteiger partial charge in [0, 0.05) is 13.2 Å². The minimum Gasteiger partial charge on any atom is -0.497 e. The molecule has 0 bridgehead atoms. The summed E-state index contributed by atoms with van der Waals surface area (Å²) in [5, 5.41) is 2.97. The number of hydrogen-bond acceptors (Lipinski definition) is 7. The Kier molecular flexibility index (Phi) is 5.81. The zero-order chi connectivity index (χ0) is 23.8. The van der Waals surface area contributed by atoms with Crippen LogP contribution in [0.25, 0.3) is 11.1 Å². The van der Waals surface area contributed by atoms with Crippen molar-refractivity contribution >= 4 is 33.4 Å². The monoisotopic (exact) mass is 483 g/mol. The van der Waals surface area contributed by atoms with E-state index in [-0.39, 0.29) is 16.8 Å². The number of nitrogens with zero attached hydrogens (tertiary/aromatic N) is 2. The van der Waals surface area contributed by atoms with Crippen molar-refractivity contribution < 1.29 is 22.1 Å². The van der Waals surface area contributed by atoms with Gasteiger partial charge in [-0.15, -0.1) is 0 Å². The number of rotatable bonds is 6. The lowest BCUT2D eigenvalue weighted by Gasteiger charge is -2.34. The van der Waals surface area contributed by atoms with Crippen LogP contribution in [0.2, 0.25) is 0 Å². The fourth-order valence-corrected chi connectivity index (χ4v) is 4.56. The van der Waals surface area contributed by atoms with E-state index in [1.54, 1.807) is 37.4 Å². The Labute approximate surface area is 197 Å². The lowest BCUT2D eigenvalue weighted by molar-refractivity contribution is -0.125. The van der Waals surface area contributed by atoms with Crippen molar-refractivity contribution in [3.8, 4) is 22.6 Å². The topological polar surface area (TPSA) is 97.8 Å². The highest BCUT2D eigenvalue weighted by atomic mass is 32.2. The predicted molar refractivity (Wildman–Crippen MR) is 127 cm³/mol. The second-order valence-electron chi connectivity index (χ2n) is 7.50. The average Bonchev–Trinajstić information content (AvgIpc) is 3.02. The highest BCUT2D eigenvalue weighted by Crippen LogP contribution is 2.40. The van der Waals surface area contributed by atoms with Crippen LogP contribution in [0, 0.1) is 0 Å². The van der Waals surface area contributed by atoms with Crippen LogP contribution >= 0.6 is 12.2 Å². The van der Waals surface area contributed by atoms with Crippen molar-refractivity contribution in [2.24, 2.45) is 0 Å². The number of amides is 1. The van der Waals surface area contributed by atoms with Crippen LogP contribution in [-0.2, 0) is 20.5 Å². The number of carbonyl (C=O) groups excluding carboxylic acids is 1. The summed E-state index contributed by atoms with van der Waals surface area (Å²) in [5.74, 6) is 0.485. The number of hydrogen-bond donors (Lipinski definition) is 1. The third-order valence-electron chi connectivity index (χ3n) is 5.41. The molecule has 0 spiro atoms. The Morgan fingerprint density at radius 3 is 2.33 bits per heavy atom. The van der Waals surface area contributed by atoms with E-state index in [4.69, 9.17) is 21.1 Å². The van der Waals surface area contributed by atoms with Crippen LogP contribution in [0.4, 0.5) is 0 Å². The maximum Gasteiger partial charge on any atom is 0.306 e. The van der Waals surface area contributed by atoms with Gasteiger partial charge in [-0.1, -0.05) is 24.3 Å². The molecule has 0 aliphatic carbocycles. The number of methoxy groups -OCH3 is 1. The number of aromatic nitrogens is 1. The summed E-state index contributed by atoms with van der Waals surface area (Å²) in [6.07, 6.45) is 2.60. The molecule has 1 fully saturated rings. The van der Waals surface area contributed by atoms with Gasteiger partial charge in [-0.2, -0.15) is 8.42 Å². The zero-order valence-corrected chi connectivity index (χ0v) is 19.7. The molecule has 1 aliphatic rings. The van der Waals surface area contributed by atoms with E-state index < -0.39 is 15.7 Å². The molecule has 2 heterocycles. The summed E-state index contributed by atoms with van der Waals surface area (Å²) in [6, 6.07) is 17.5. The van der Waals surface area contributed by atoms with Crippen LogP contribution in [0.15, 0.2) is 66.9 Å². The van der Waals surface area contributed by atoms with Gasteiger partial charge in [-0.25, -0.2) is 0 Å². The van der Waals surface area contributed by atoms with Crippen LogP contribution in [0.3, 0.4) is 0 Å². The van der Waals surface area contributed by atoms with E-state index >= 15 is 0 Å². The molecule has 33 heavy (non-hydrogen) atoms. The lowest BCUT2D eigenvalue weighted by Crippen LogP contribution is -2.46. The van der Waals surface area contributed by atoms with Gasteiger partial charge in [0.1, 0.15) is 11.5 Å². The third-order valence-corrected chi connectivity index (χ3v) is 6.28. The van der Waals surface area contributed by atoms with Crippen molar-refractivity contribution in [2.75, 3.05) is 20.4 Å². The van der Waals surface area contributed by atoms with Gasteiger partial charge in [0.25, 0.3) is 5.91 Å². The first kappa shape index (κ1) is 22.7. The maximum absolute atomic E-state index is 13.4. The molecule has 10 heteroatoms. The molecule has 1 atom stereocenters. The Morgan fingerprint density at radius 1 is 1.03 bits per heavy atom. The van der Waals surface area contributed by atoms with Crippen LogP contribution in [-0.4, -0.2) is 49.7 Å². The molecule has 170 valence electrons. The number of thiocarbonyl (C=S) groups is 1. The molecule has 0 saturated carbocycles. The molecule has 1 N–H and O–H groups in total. The molecule has 0 radical (unpaired) electrons. The van der Waals surface area contributed by atoms with E-state index in [0.717, 1.165) is 17.4 Å². The van der Waals surface area contributed by atoms with E-state index in [1.165, 1.54) is 12.1 Å². The van der Waals surface area contributed by atoms with Crippen LogP contribution in [0.5, 0.6) is 11.5 Å². The normalized spacial score (nSPS) is 18.2. The SMILES string of the molecule is COc1cccc(-c2ccnc(C3(c4ccc(OS(C)(=O)=O)cc4)C(=O)NC(=S)N3C)c2)c1. The molecule has 4 rings (SSSR count). The van der Waals surface area contributed by atoms with Gasteiger partial charge in [-0.3, -0.25) is 9.78 Å². The zero-order valence-electron chi connectivity index (χ0n) is 18.1. The lowest BCUT2D eigenvalue weighted by atomic mass is 9.84. The van der Waals surface area contributed by atoms with E-state index in [1.807, 2.05) is 36.4 Å². The number of pyridine rings is 1. The van der Waals surface area contributed by atoms with Crippen molar-refractivity contribution in [1.82, 2.24) is 15.2 Å². The smallest absolute Gasteiger partial charge is 0.306 e. The largest absolute Gasteiger partial charge is 0.497 e. The standard InChI is InChI=1S/C23H21N3O5S2/c1-26-22(32)25-21(27)23(26,17-7-9-18(10-8-17)31-33(3,28)29)20-14-16(11-12-24-20)15-5-4-6-19(13-15)30-2/h4-14H,1-3H3,(H,25,27,32). The summed E-state index contributed by atoms with van der Waals surface area (Å²) in [4.78, 5) is 19.5. The number of nitrogens with one attached hydrogen (secondary N) is 1. The van der Waals surface area contributed by atoms with Crippen molar-refractivity contribution in [3.63, 3.8) is 0 Å². The summed E-state index contributed by atoms with van der Waals surface area (Å²) < 4.78 is 33.2. The quantitative estimate of drug-likeness (QED) is 0.422. The third kappa shape index (κ3) is 4.14. The molecule has 3 aromatic rings. The Balaban J connectivity index is 1.86. The van der Waals surface area contributed by atoms with Crippen LogP contribution < -0.4 is 14.2 Å². The molecular weight excluding hydrogens is 462 g/mol. The predicted octanol–water partition coefficient (Wildman–Crippen LogP) is 2.69. The Hall–Kier alpha value is -3.50. The minimum absolute atomic E-state index is 0.137. The summed E-state index contributed by atoms with van der Waals surface area (Å²) in [7, 11) is -0.373. The Bertz CT molecular complexity index is 1340. The van der Waals surface area contributed by atoms with Gasteiger partial charge in [0.2, 0.25) is 0 Å². The molecule has 2 aromatic carbocycles. The van der Waals surface area contributed by atoms with E-state index in [9.17, 15) is 13.2 Å². The summed E-state index contributed by atoms with van der Waals surface area (Å²) >= 11 is 5.37. The first-order chi connectivity index (χ1) is 15.6.